The average molecular weight is 367 g/mol. The predicted molar refractivity (Wildman–Crippen MR) is 74.6 cm³/mol. The lowest BCUT2D eigenvalue weighted by atomic mass is 9.47. The number of allylic oxidation sites excluding steroid dienone is 1. The van der Waals surface area contributed by atoms with Gasteiger partial charge in [0, 0.05) is 4.99 Å². The minimum Gasteiger partial charge on any atom is -0.493 e. The lowest BCUT2D eigenvalue weighted by Crippen LogP contribution is -2.62. The summed E-state index contributed by atoms with van der Waals surface area (Å²) in [5, 5.41) is 0. The Bertz CT molecular complexity index is 472. The fourth-order valence-electron chi connectivity index (χ4n) is 5.03. The molecule has 0 aromatic heterocycles. The second-order valence-electron chi connectivity index (χ2n) is 6.85. The van der Waals surface area contributed by atoms with E-state index in [2.05, 4.69) is 15.9 Å². The normalized spacial score (nSPS) is 42.2. The van der Waals surface area contributed by atoms with Gasteiger partial charge in [0.1, 0.15) is 11.9 Å². The van der Waals surface area contributed by atoms with Crippen molar-refractivity contribution in [2.24, 2.45) is 23.2 Å². The van der Waals surface area contributed by atoms with Crippen LogP contribution in [0.1, 0.15) is 39.0 Å². The van der Waals surface area contributed by atoms with Gasteiger partial charge in [0.15, 0.2) is 0 Å². The molecule has 4 aliphatic rings. The van der Waals surface area contributed by atoms with Crippen molar-refractivity contribution in [2.75, 3.05) is 0 Å². The van der Waals surface area contributed by atoms with E-state index in [4.69, 9.17) is 4.74 Å². The Kier molecular flexibility index (Phi) is 3.66. The summed E-state index contributed by atoms with van der Waals surface area (Å²) in [4.78, 5) is 13.7. The quantitative estimate of drug-likeness (QED) is 0.683. The molecule has 21 heavy (non-hydrogen) atoms. The molecule has 3 unspecified atom stereocenters. The second kappa shape index (κ2) is 5.00. The van der Waals surface area contributed by atoms with Crippen LogP contribution in [0.4, 0.5) is 13.2 Å². The summed E-state index contributed by atoms with van der Waals surface area (Å²) < 4.78 is 45.2. The van der Waals surface area contributed by atoms with Gasteiger partial charge in [-0.15, -0.1) is 0 Å². The summed E-state index contributed by atoms with van der Waals surface area (Å²) in [5.74, 6) is -0.461. The van der Waals surface area contributed by atoms with Crippen LogP contribution in [0.2, 0.25) is 0 Å². The van der Waals surface area contributed by atoms with Crippen LogP contribution >= 0.6 is 15.9 Å². The van der Waals surface area contributed by atoms with E-state index in [0.717, 1.165) is 19.3 Å². The van der Waals surface area contributed by atoms with Gasteiger partial charge in [0.25, 0.3) is 0 Å². The van der Waals surface area contributed by atoms with Crippen LogP contribution in [0, 0.1) is 23.2 Å². The van der Waals surface area contributed by atoms with Crippen molar-refractivity contribution in [3.63, 3.8) is 0 Å². The molecule has 0 saturated heterocycles. The summed E-state index contributed by atoms with van der Waals surface area (Å²) in [5.41, 5.74) is -1.36. The molecule has 6 heteroatoms. The van der Waals surface area contributed by atoms with Crippen molar-refractivity contribution in [1.82, 2.24) is 0 Å². The van der Waals surface area contributed by atoms with Crippen LogP contribution in [0.25, 0.3) is 0 Å². The summed E-state index contributed by atoms with van der Waals surface area (Å²) >= 11 is 3.14. The lowest BCUT2D eigenvalue weighted by molar-refractivity contribution is -0.216. The summed E-state index contributed by atoms with van der Waals surface area (Å²) in [6.45, 7) is 1.70. The number of hydrogen-bond acceptors (Lipinski definition) is 2. The van der Waals surface area contributed by atoms with Gasteiger partial charge in [0.2, 0.25) is 5.78 Å². The van der Waals surface area contributed by atoms with Crippen molar-refractivity contribution in [1.29, 1.82) is 0 Å². The first-order valence-corrected chi connectivity index (χ1v) is 8.23. The highest BCUT2D eigenvalue weighted by atomic mass is 79.9. The van der Waals surface area contributed by atoms with Crippen LogP contribution < -0.4 is 0 Å². The standard InChI is InChI=1S/C15H18BrF3O2/c1-8(7-16)21-12-11-3-9-2-10(4-11)6-14(12,5-9)13(20)15(17,18)19/h7,9-12H,2-6H2,1H3/b8-7-. The Labute approximate surface area is 130 Å². The number of hydrogen-bond donors (Lipinski definition) is 0. The first-order chi connectivity index (χ1) is 9.76. The molecule has 2 nitrogen and oxygen atoms in total. The highest BCUT2D eigenvalue weighted by molar-refractivity contribution is 9.11. The van der Waals surface area contributed by atoms with Gasteiger partial charge < -0.3 is 4.74 Å². The molecule has 0 heterocycles. The van der Waals surface area contributed by atoms with Crippen molar-refractivity contribution >= 4 is 21.7 Å². The van der Waals surface area contributed by atoms with Gasteiger partial charge in [-0.1, -0.05) is 15.9 Å². The smallest absolute Gasteiger partial charge is 0.450 e. The molecule has 4 aliphatic carbocycles. The van der Waals surface area contributed by atoms with Gasteiger partial charge >= 0.3 is 6.18 Å². The Morgan fingerprint density at radius 1 is 1.24 bits per heavy atom. The molecule has 4 saturated carbocycles. The Balaban J connectivity index is 1.98. The third-order valence-corrected chi connectivity index (χ3v) is 6.04. The van der Waals surface area contributed by atoms with Crippen LogP contribution in [-0.2, 0) is 9.53 Å². The SMILES string of the molecule is C/C(=C/Br)OC1C2CC3CC(C2)CC1(C(=O)C(F)(F)F)C3. The fourth-order valence-corrected chi connectivity index (χ4v) is 5.13. The Morgan fingerprint density at radius 2 is 1.81 bits per heavy atom. The number of halogens is 4. The second-order valence-corrected chi connectivity index (χ2v) is 7.31. The van der Waals surface area contributed by atoms with Crippen molar-refractivity contribution in [3.8, 4) is 0 Å². The molecule has 118 valence electrons. The van der Waals surface area contributed by atoms with Gasteiger partial charge in [-0.3, -0.25) is 4.79 Å². The summed E-state index contributed by atoms with van der Waals surface area (Å²) in [6, 6.07) is 0. The monoisotopic (exact) mass is 366 g/mol. The zero-order valence-electron chi connectivity index (χ0n) is 11.8. The molecule has 4 fully saturated rings. The summed E-state index contributed by atoms with van der Waals surface area (Å²) in [7, 11) is 0. The maximum atomic E-state index is 13.1. The van der Waals surface area contributed by atoms with Gasteiger partial charge in [-0.05, 0) is 56.8 Å². The van der Waals surface area contributed by atoms with E-state index in [1.165, 1.54) is 0 Å². The number of alkyl halides is 3. The number of ether oxygens (including phenoxy) is 1. The van der Waals surface area contributed by atoms with E-state index in [0.29, 0.717) is 18.6 Å². The fraction of sp³-hybridized carbons (Fsp3) is 0.800. The number of carbonyl (C=O) groups excluding carboxylic acids is 1. The van der Waals surface area contributed by atoms with Crippen LogP contribution in [0.15, 0.2) is 10.7 Å². The topological polar surface area (TPSA) is 26.3 Å². The molecule has 4 rings (SSSR count). The highest BCUT2D eigenvalue weighted by Gasteiger charge is 2.66. The molecular weight excluding hydrogens is 349 g/mol. The van der Waals surface area contributed by atoms with Gasteiger partial charge in [-0.2, -0.15) is 13.2 Å². The molecular formula is C15H18BrF3O2. The maximum absolute atomic E-state index is 13.1. The Morgan fingerprint density at radius 3 is 2.29 bits per heavy atom. The van der Waals surface area contributed by atoms with Crippen LogP contribution in [0.5, 0.6) is 0 Å². The molecule has 0 amide bonds. The number of Topliss-reactive ketones (excluding diaryl/α,β-unsaturated/α-hetero) is 1. The molecule has 0 radical (unpaired) electrons. The zero-order valence-corrected chi connectivity index (χ0v) is 13.3. The van der Waals surface area contributed by atoms with Gasteiger partial charge in [-0.25, -0.2) is 0 Å². The molecule has 0 aliphatic heterocycles. The number of rotatable bonds is 3. The molecule has 4 bridgehead atoms. The van der Waals surface area contributed by atoms with Crippen molar-refractivity contribution in [3.05, 3.63) is 10.7 Å². The average Bonchev–Trinajstić information content (AvgIpc) is 2.40. The predicted octanol–water partition coefficient (Wildman–Crippen LogP) is 4.59. The highest BCUT2D eigenvalue weighted by Crippen LogP contribution is 2.62. The van der Waals surface area contributed by atoms with E-state index in [-0.39, 0.29) is 17.8 Å². The van der Waals surface area contributed by atoms with E-state index in [1.807, 2.05) is 0 Å². The van der Waals surface area contributed by atoms with Gasteiger partial charge in [0.05, 0.1) is 5.41 Å². The van der Waals surface area contributed by atoms with E-state index in [9.17, 15) is 18.0 Å². The van der Waals surface area contributed by atoms with Crippen molar-refractivity contribution in [2.45, 2.75) is 51.3 Å². The van der Waals surface area contributed by atoms with Crippen molar-refractivity contribution < 1.29 is 22.7 Å². The first-order valence-electron chi connectivity index (χ1n) is 7.31. The number of ketones is 1. The summed E-state index contributed by atoms with van der Waals surface area (Å²) in [6.07, 6.45) is -1.99. The molecule has 3 atom stereocenters. The van der Waals surface area contributed by atoms with Crippen LogP contribution in [0.3, 0.4) is 0 Å². The first kappa shape index (κ1) is 15.4. The molecule has 0 spiro atoms. The van der Waals surface area contributed by atoms with E-state index in [1.54, 1.807) is 11.9 Å². The van der Waals surface area contributed by atoms with E-state index < -0.39 is 23.5 Å². The molecule has 0 N–H and O–H groups in total. The maximum Gasteiger partial charge on any atom is 0.450 e. The zero-order chi connectivity index (χ0) is 15.4. The third kappa shape index (κ3) is 2.43. The molecule has 0 aromatic carbocycles. The lowest BCUT2D eigenvalue weighted by Gasteiger charge is -2.59. The minimum absolute atomic E-state index is 0.0740. The van der Waals surface area contributed by atoms with E-state index >= 15 is 0 Å². The van der Waals surface area contributed by atoms with Crippen LogP contribution in [-0.4, -0.2) is 18.1 Å². The Hall–Kier alpha value is -0.520. The number of carbonyl (C=O) groups is 1. The minimum atomic E-state index is -4.78. The largest absolute Gasteiger partial charge is 0.493 e. The molecule has 0 aromatic rings. The third-order valence-electron chi connectivity index (χ3n) is 5.39.